The Morgan fingerprint density at radius 2 is 1.41 bits per heavy atom. The summed E-state index contributed by atoms with van der Waals surface area (Å²) in [6.07, 6.45) is 2.25. The number of hydrazine groups is 1. The average Bonchev–Trinajstić information content (AvgIpc) is 2.88. The second kappa shape index (κ2) is 24.5. The lowest BCUT2D eigenvalue weighted by molar-refractivity contribution is -0.148. The quantitative estimate of drug-likeness (QED) is 0.106. The summed E-state index contributed by atoms with van der Waals surface area (Å²) in [7, 11) is 0. The molecule has 0 saturated carbocycles. The van der Waals surface area contributed by atoms with Crippen molar-refractivity contribution < 1.29 is 23.9 Å². The van der Waals surface area contributed by atoms with Crippen LogP contribution in [0.4, 0.5) is 0 Å². The fraction of sp³-hybridized carbons (Fsp3) is 0.727. The van der Waals surface area contributed by atoms with Crippen molar-refractivity contribution in [3.8, 4) is 0 Å². The summed E-state index contributed by atoms with van der Waals surface area (Å²) in [5.41, 5.74) is 5.53. The van der Waals surface area contributed by atoms with Gasteiger partial charge in [-0.2, -0.15) is 0 Å². The Bertz CT molecular complexity index is 806. The summed E-state index contributed by atoms with van der Waals surface area (Å²) in [4.78, 5) is 32.6. The van der Waals surface area contributed by atoms with Crippen molar-refractivity contribution in [2.75, 3.05) is 26.2 Å². The van der Waals surface area contributed by atoms with Crippen LogP contribution in [0.25, 0.3) is 0 Å². The molecule has 0 saturated heterocycles. The molecule has 0 aliphatic carbocycles. The first-order chi connectivity index (χ1) is 19.1. The van der Waals surface area contributed by atoms with Crippen LogP contribution in [-0.2, 0) is 36.9 Å². The van der Waals surface area contributed by atoms with Crippen LogP contribution in [0.5, 0.6) is 0 Å². The van der Waals surface area contributed by atoms with E-state index in [1.165, 1.54) is 5.56 Å². The third-order valence-electron chi connectivity index (χ3n) is 5.61. The van der Waals surface area contributed by atoms with Crippen molar-refractivity contribution in [2.45, 2.75) is 114 Å². The lowest BCUT2D eigenvalue weighted by atomic mass is 10.0. The van der Waals surface area contributed by atoms with Crippen LogP contribution in [0.2, 0.25) is 0 Å². The highest BCUT2D eigenvalue weighted by molar-refractivity contribution is 5.82. The number of ketones is 1. The lowest BCUT2D eigenvalue weighted by Crippen LogP contribution is -2.45. The number of nitrogens with zero attached hydrogens (tertiary/aromatic N) is 1. The van der Waals surface area contributed by atoms with Crippen LogP contribution < -0.4 is 10.7 Å². The average molecular weight is 580 g/mol. The van der Waals surface area contributed by atoms with E-state index >= 15 is 0 Å². The highest BCUT2D eigenvalue weighted by atomic mass is 16.5. The van der Waals surface area contributed by atoms with Gasteiger partial charge in [0.25, 0.3) is 0 Å². The minimum Gasteiger partial charge on any atom is -0.461 e. The minimum absolute atomic E-state index is 0.0600. The number of ether oxygens (including phenoxy) is 2. The Labute approximate surface area is 251 Å². The molecule has 0 spiro atoms. The Morgan fingerprint density at radius 1 is 0.854 bits per heavy atom. The van der Waals surface area contributed by atoms with Crippen molar-refractivity contribution >= 4 is 18.0 Å². The molecule has 0 radical (unpaired) electrons. The molecule has 0 fully saturated rings. The number of benzene rings is 1. The van der Waals surface area contributed by atoms with Crippen LogP contribution >= 0.6 is 0 Å². The van der Waals surface area contributed by atoms with Gasteiger partial charge in [0.05, 0.1) is 31.7 Å². The Hall–Kier alpha value is -2.13. The summed E-state index contributed by atoms with van der Waals surface area (Å²) < 4.78 is 10.5. The van der Waals surface area contributed by atoms with E-state index in [4.69, 9.17) is 9.47 Å². The molecule has 238 valence electrons. The van der Waals surface area contributed by atoms with Gasteiger partial charge < -0.3 is 19.6 Å². The van der Waals surface area contributed by atoms with Crippen LogP contribution in [0.15, 0.2) is 24.3 Å². The summed E-state index contributed by atoms with van der Waals surface area (Å²) in [5.74, 6) is 0.908. The van der Waals surface area contributed by atoms with Crippen molar-refractivity contribution in [3.05, 3.63) is 35.4 Å². The molecule has 0 amide bonds. The number of hydrogen-bond acceptors (Lipinski definition) is 8. The van der Waals surface area contributed by atoms with Gasteiger partial charge in [0.15, 0.2) is 0 Å². The molecule has 0 aromatic heterocycles. The van der Waals surface area contributed by atoms with Crippen LogP contribution in [0, 0.1) is 17.8 Å². The number of aldehydes is 1. The molecule has 0 unspecified atom stereocenters. The van der Waals surface area contributed by atoms with Crippen molar-refractivity contribution in [2.24, 2.45) is 17.8 Å². The topological polar surface area (TPSA) is 97.0 Å². The maximum Gasteiger partial charge on any atom is 0.308 e. The van der Waals surface area contributed by atoms with Gasteiger partial charge in [0.2, 0.25) is 0 Å². The Morgan fingerprint density at radius 3 is 1.83 bits per heavy atom. The third kappa shape index (κ3) is 25.3. The SMILES string of the molecule is CC(C)Cc1ccc(COC(=O)C(C)C)cc1.CC(C)NCC(=O)C(C)C.CC(C)OCCNN(CC=O)C(C)C. The van der Waals surface area contributed by atoms with Crippen molar-refractivity contribution in [3.63, 3.8) is 0 Å². The molecule has 0 bridgehead atoms. The Balaban J connectivity index is 0. The van der Waals surface area contributed by atoms with Crippen LogP contribution in [0.3, 0.4) is 0 Å². The number of carbonyl (C=O) groups is 3. The highest BCUT2D eigenvalue weighted by Gasteiger charge is 2.09. The molecule has 2 N–H and O–H groups in total. The standard InChI is InChI=1S/C15H22O2.C10H22N2O2.C8H17NO/c1-11(2)9-13-5-7-14(8-6-13)10-17-15(16)12(3)4;1-9(2)12(6-7-13)11-5-8-14-10(3)4;1-6(2)8(10)5-9-7(3)4/h5-8,11-12H,9-10H2,1-4H3;7,9-11H,5-6,8H2,1-4H3;6-7,9H,5H2,1-4H3. The van der Waals surface area contributed by atoms with E-state index in [-0.39, 0.29) is 29.7 Å². The van der Waals surface area contributed by atoms with E-state index in [0.29, 0.717) is 44.3 Å². The molecule has 1 rings (SSSR count). The number of nitrogens with one attached hydrogen (secondary N) is 2. The first-order valence-corrected chi connectivity index (χ1v) is 15.2. The van der Waals surface area contributed by atoms with Gasteiger partial charge in [-0.1, -0.05) is 79.7 Å². The second-order valence-corrected chi connectivity index (χ2v) is 12.1. The second-order valence-electron chi connectivity index (χ2n) is 12.1. The van der Waals surface area contributed by atoms with E-state index < -0.39 is 0 Å². The van der Waals surface area contributed by atoms with E-state index in [9.17, 15) is 14.4 Å². The first-order valence-electron chi connectivity index (χ1n) is 15.2. The zero-order chi connectivity index (χ0) is 32.0. The van der Waals surface area contributed by atoms with Gasteiger partial charge in [-0.15, -0.1) is 0 Å². The first kappa shape index (κ1) is 41.0. The van der Waals surface area contributed by atoms with E-state index in [2.05, 4.69) is 36.7 Å². The van der Waals surface area contributed by atoms with Gasteiger partial charge >= 0.3 is 5.97 Å². The number of hydrogen-bond donors (Lipinski definition) is 2. The molecule has 0 aliphatic rings. The third-order valence-corrected chi connectivity index (χ3v) is 5.61. The molecule has 1 aromatic rings. The maximum atomic E-state index is 11.3. The molecule has 0 atom stereocenters. The Kier molecular flexibility index (Phi) is 24.5. The highest BCUT2D eigenvalue weighted by Crippen LogP contribution is 2.11. The molecular weight excluding hydrogens is 518 g/mol. The predicted octanol–water partition coefficient (Wildman–Crippen LogP) is 5.62. The molecule has 1 aromatic carbocycles. The van der Waals surface area contributed by atoms with Gasteiger partial charge in [0.1, 0.15) is 18.7 Å². The van der Waals surface area contributed by atoms with E-state index in [0.717, 1.165) is 24.8 Å². The number of Topliss-reactive ketones (excluding diaryl/α,β-unsaturated/α-hetero) is 1. The molecule has 41 heavy (non-hydrogen) atoms. The summed E-state index contributed by atoms with van der Waals surface area (Å²) >= 11 is 0. The summed E-state index contributed by atoms with van der Waals surface area (Å²) in [6, 6.07) is 9.01. The van der Waals surface area contributed by atoms with E-state index in [1.807, 2.05) is 86.4 Å². The summed E-state index contributed by atoms with van der Waals surface area (Å²) in [5, 5.41) is 4.98. The van der Waals surface area contributed by atoms with Crippen LogP contribution in [0.1, 0.15) is 94.2 Å². The fourth-order valence-corrected chi connectivity index (χ4v) is 3.10. The van der Waals surface area contributed by atoms with Crippen molar-refractivity contribution in [1.82, 2.24) is 15.8 Å². The van der Waals surface area contributed by atoms with Gasteiger partial charge in [-0.25, -0.2) is 5.01 Å². The predicted molar refractivity (Wildman–Crippen MR) is 170 cm³/mol. The monoisotopic (exact) mass is 579 g/mol. The molecule has 8 nitrogen and oxygen atoms in total. The maximum absolute atomic E-state index is 11.3. The van der Waals surface area contributed by atoms with Crippen LogP contribution in [-0.4, -0.2) is 67.5 Å². The van der Waals surface area contributed by atoms with E-state index in [1.54, 1.807) is 0 Å². The van der Waals surface area contributed by atoms with Gasteiger partial charge in [-0.05, 0) is 51.2 Å². The normalized spacial score (nSPS) is 11.2. The number of carbonyl (C=O) groups excluding carboxylic acids is 3. The number of esters is 1. The molecule has 0 heterocycles. The lowest BCUT2D eigenvalue weighted by Gasteiger charge is -2.25. The largest absolute Gasteiger partial charge is 0.461 e. The fourth-order valence-electron chi connectivity index (χ4n) is 3.10. The molecule has 8 heteroatoms. The zero-order valence-electron chi connectivity index (χ0n) is 28.1. The minimum atomic E-state index is -0.142. The molecular formula is C33H61N3O5. The zero-order valence-corrected chi connectivity index (χ0v) is 28.1. The van der Waals surface area contributed by atoms with Crippen molar-refractivity contribution in [1.29, 1.82) is 0 Å². The number of rotatable bonds is 17. The molecule has 0 aliphatic heterocycles. The summed E-state index contributed by atoms with van der Waals surface area (Å²) in [6.45, 7) is 26.8. The van der Waals surface area contributed by atoms with Gasteiger partial charge in [0, 0.05) is 24.5 Å². The smallest absolute Gasteiger partial charge is 0.308 e. The van der Waals surface area contributed by atoms with Gasteiger partial charge in [-0.3, -0.25) is 15.0 Å².